The van der Waals surface area contributed by atoms with Crippen LogP contribution in [0.5, 0.6) is 0 Å². The second-order valence-corrected chi connectivity index (χ2v) is 8.64. The average Bonchev–Trinajstić information content (AvgIpc) is 3.28. The molecule has 2 heterocycles. The molecule has 4 aromatic rings. The van der Waals surface area contributed by atoms with Crippen LogP contribution in [0.1, 0.15) is 17.0 Å². The minimum absolute atomic E-state index is 0.0137. The van der Waals surface area contributed by atoms with Crippen molar-refractivity contribution in [3.63, 3.8) is 0 Å². The zero-order valence-corrected chi connectivity index (χ0v) is 16.7. The monoisotopic (exact) mass is 428 g/mol. The largest absolute Gasteiger partial charge is 0.480 e. The summed E-state index contributed by atoms with van der Waals surface area (Å²) in [6, 6.07) is 11.9. The number of fused-ring (bicyclic) bond motifs is 1. The number of rotatable bonds is 6. The normalized spacial score (nSPS) is 11.8. The highest BCUT2D eigenvalue weighted by Crippen LogP contribution is 2.31. The van der Waals surface area contributed by atoms with Crippen molar-refractivity contribution >= 4 is 26.7 Å². The van der Waals surface area contributed by atoms with Crippen molar-refractivity contribution in [3.05, 3.63) is 77.8 Å². The smallest absolute Gasteiger partial charge is 0.323 e. The highest BCUT2D eigenvalue weighted by Gasteiger charge is 2.27. The lowest BCUT2D eigenvalue weighted by Gasteiger charge is -2.06. The van der Waals surface area contributed by atoms with Crippen molar-refractivity contribution in [2.24, 2.45) is 0 Å². The van der Waals surface area contributed by atoms with Gasteiger partial charge >= 0.3 is 5.97 Å². The summed E-state index contributed by atoms with van der Waals surface area (Å²) in [5.74, 6) is -1.43. The van der Waals surface area contributed by atoms with Gasteiger partial charge in [0.1, 0.15) is 18.1 Å². The lowest BCUT2D eigenvalue weighted by Crippen LogP contribution is -2.10. The van der Waals surface area contributed by atoms with Crippen molar-refractivity contribution in [3.8, 4) is 0 Å². The van der Waals surface area contributed by atoms with Crippen molar-refractivity contribution in [1.29, 1.82) is 0 Å². The van der Waals surface area contributed by atoms with Gasteiger partial charge in [0.2, 0.25) is 14.9 Å². The van der Waals surface area contributed by atoms with Crippen LogP contribution in [-0.4, -0.2) is 29.0 Å². The Bertz CT molecular complexity index is 1360. The van der Waals surface area contributed by atoms with E-state index in [0.29, 0.717) is 22.2 Å². The van der Waals surface area contributed by atoms with Crippen LogP contribution < -0.4 is 0 Å². The molecule has 0 spiro atoms. The molecule has 154 valence electrons. The number of sulfone groups is 1. The van der Waals surface area contributed by atoms with Gasteiger partial charge in [-0.05, 0) is 42.8 Å². The number of benzene rings is 2. The van der Waals surface area contributed by atoms with Crippen molar-refractivity contribution in [1.82, 2.24) is 9.55 Å². The zero-order chi connectivity index (χ0) is 21.5. The number of aromatic nitrogens is 2. The number of hydrogen-bond acceptors (Lipinski definition) is 5. The van der Waals surface area contributed by atoms with Crippen LogP contribution in [0.4, 0.5) is 4.39 Å². The van der Waals surface area contributed by atoms with Crippen molar-refractivity contribution in [2.75, 3.05) is 0 Å². The van der Waals surface area contributed by atoms with E-state index in [0.717, 1.165) is 6.39 Å². The predicted molar refractivity (Wildman–Crippen MR) is 105 cm³/mol. The topological polar surface area (TPSA) is 102 Å². The third-order valence-electron chi connectivity index (χ3n) is 4.96. The molecule has 0 amide bonds. The summed E-state index contributed by atoms with van der Waals surface area (Å²) >= 11 is 0. The van der Waals surface area contributed by atoms with Gasteiger partial charge in [-0.2, -0.15) is 0 Å². The standard InChI is InChI=1S/C21H17FN2O5S/c1-13-16(17-9-14(22)7-8-18(17)24(13)11-20(25)26)10-19-21(23-12-29-19)30(27,28)15-5-3-2-4-6-15/h2-9,12H,10-11H2,1H3,(H,25,26). The molecule has 7 nitrogen and oxygen atoms in total. The zero-order valence-electron chi connectivity index (χ0n) is 15.9. The van der Waals surface area contributed by atoms with E-state index >= 15 is 0 Å². The predicted octanol–water partition coefficient (Wildman–Crippen LogP) is 3.59. The number of carboxylic acid groups (broad SMARTS) is 1. The number of carbonyl (C=O) groups is 1. The first-order valence-corrected chi connectivity index (χ1v) is 10.5. The van der Waals surface area contributed by atoms with E-state index in [1.807, 2.05) is 0 Å². The first-order valence-electron chi connectivity index (χ1n) is 9.00. The van der Waals surface area contributed by atoms with Gasteiger partial charge in [0.15, 0.2) is 6.39 Å². The molecule has 0 fully saturated rings. The Balaban J connectivity index is 1.84. The lowest BCUT2D eigenvalue weighted by atomic mass is 10.1. The molecule has 0 atom stereocenters. The first-order chi connectivity index (χ1) is 14.3. The van der Waals surface area contributed by atoms with Crippen LogP contribution >= 0.6 is 0 Å². The van der Waals surface area contributed by atoms with Gasteiger partial charge in [0.25, 0.3) is 0 Å². The van der Waals surface area contributed by atoms with Crippen molar-refractivity contribution in [2.45, 2.75) is 29.8 Å². The number of aliphatic carboxylic acids is 1. The lowest BCUT2D eigenvalue weighted by molar-refractivity contribution is -0.137. The molecule has 0 bridgehead atoms. The van der Waals surface area contributed by atoms with E-state index in [1.165, 1.54) is 30.3 Å². The molecule has 4 rings (SSSR count). The summed E-state index contributed by atoms with van der Waals surface area (Å²) in [5.41, 5.74) is 1.70. The Hall–Kier alpha value is -3.46. The number of hydrogen-bond donors (Lipinski definition) is 1. The number of oxazole rings is 1. The van der Waals surface area contributed by atoms with Crippen LogP contribution in [0.25, 0.3) is 10.9 Å². The van der Waals surface area contributed by atoms with Crippen LogP contribution in [0, 0.1) is 12.7 Å². The fourth-order valence-corrected chi connectivity index (χ4v) is 4.90. The van der Waals surface area contributed by atoms with E-state index in [9.17, 15) is 22.7 Å². The fraction of sp³-hybridized carbons (Fsp3) is 0.143. The van der Waals surface area contributed by atoms with E-state index in [-0.39, 0.29) is 28.6 Å². The van der Waals surface area contributed by atoms with E-state index < -0.39 is 21.6 Å². The molecular weight excluding hydrogens is 411 g/mol. The van der Waals surface area contributed by atoms with E-state index in [1.54, 1.807) is 29.7 Å². The Morgan fingerprint density at radius 3 is 2.63 bits per heavy atom. The van der Waals surface area contributed by atoms with Crippen LogP contribution in [-0.2, 0) is 27.6 Å². The average molecular weight is 428 g/mol. The molecule has 0 radical (unpaired) electrons. The highest BCUT2D eigenvalue weighted by atomic mass is 32.2. The number of halogens is 1. The summed E-state index contributed by atoms with van der Waals surface area (Å²) in [6.45, 7) is 1.40. The van der Waals surface area contributed by atoms with E-state index in [2.05, 4.69) is 4.98 Å². The van der Waals surface area contributed by atoms with Crippen LogP contribution in [0.15, 0.2) is 69.3 Å². The molecule has 0 saturated heterocycles. The summed E-state index contributed by atoms with van der Waals surface area (Å²) in [7, 11) is -3.91. The van der Waals surface area contributed by atoms with Gasteiger partial charge in [-0.25, -0.2) is 17.8 Å². The summed E-state index contributed by atoms with van der Waals surface area (Å²) in [6.07, 6.45) is 1.07. The van der Waals surface area contributed by atoms with Crippen molar-refractivity contribution < 1.29 is 27.1 Å². The van der Waals surface area contributed by atoms with Gasteiger partial charge in [0.05, 0.1) is 4.90 Å². The minimum atomic E-state index is -3.91. The van der Waals surface area contributed by atoms with E-state index in [4.69, 9.17) is 4.42 Å². The molecule has 2 aromatic carbocycles. The van der Waals surface area contributed by atoms with Gasteiger partial charge < -0.3 is 14.1 Å². The molecule has 0 aliphatic rings. The molecule has 2 aromatic heterocycles. The highest BCUT2D eigenvalue weighted by molar-refractivity contribution is 7.91. The van der Waals surface area contributed by atoms with Gasteiger partial charge in [-0.15, -0.1) is 0 Å². The third-order valence-corrected chi connectivity index (χ3v) is 6.69. The Morgan fingerprint density at radius 1 is 1.20 bits per heavy atom. The SMILES string of the molecule is Cc1c(Cc2ocnc2S(=O)(=O)c2ccccc2)c2cc(F)ccc2n1CC(=O)O. The molecule has 1 N–H and O–H groups in total. The van der Waals surface area contributed by atoms with Gasteiger partial charge in [-0.3, -0.25) is 4.79 Å². The molecule has 0 aliphatic heterocycles. The van der Waals surface area contributed by atoms with Gasteiger partial charge in [-0.1, -0.05) is 18.2 Å². The third kappa shape index (κ3) is 3.37. The van der Waals surface area contributed by atoms with Crippen LogP contribution in [0.3, 0.4) is 0 Å². The Labute approximate surface area is 171 Å². The number of nitrogens with zero attached hydrogens (tertiary/aromatic N) is 2. The summed E-state index contributed by atoms with van der Waals surface area (Å²) < 4.78 is 46.9. The first kappa shape index (κ1) is 19.8. The molecule has 0 aliphatic carbocycles. The number of carboxylic acids is 1. The second kappa shape index (κ2) is 7.42. The maximum absolute atomic E-state index is 13.9. The molecule has 9 heteroatoms. The van der Waals surface area contributed by atoms with Gasteiger partial charge in [0, 0.05) is 23.0 Å². The maximum atomic E-state index is 13.9. The molecule has 30 heavy (non-hydrogen) atoms. The molecular formula is C21H17FN2O5S. The Morgan fingerprint density at radius 2 is 1.93 bits per heavy atom. The molecule has 0 unspecified atom stereocenters. The summed E-state index contributed by atoms with van der Waals surface area (Å²) in [4.78, 5) is 15.3. The minimum Gasteiger partial charge on any atom is -0.480 e. The molecule has 0 saturated carbocycles. The summed E-state index contributed by atoms with van der Waals surface area (Å²) in [5, 5.41) is 9.52. The fourth-order valence-electron chi connectivity index (χ4n) is 3.55. The second-order valence-electron chi connectivity index (χ2n) is 6.78. The Kier molecular flexibility index (Phi) is 4.90. The quantitative estimate of drug-likeness (QED) is 0.504. The maximum Gasteiger partial charge on any atom is 0.323 e. The van der Waals surface area contributed by atoms with Crippen LogP contribution in [0.2, 0.25) is 0 Å².